The van der Waals surface area contributed by atoms with Gasteiger partial charge in [0.05, 0.1) is 0 Å². The smallest absolute Gasteiger partial charge is 0.153 e. The predicted molar refractivity (Wildman–Crippen MR) is 117 cm³/mol. The number of nitrogens with zero attached hydrogens (tertiary/aromatic N) is 4. The summed E-state index contributed by atoms with van der Waals surface area (Å²) in [5.74, 6) is 2.31. The highest BCUT2D eigenvalue weighted by molar-refractivity contribution is 6.01. The first-order valence-electron chi connectivity index (χ1n) is 10.1. The first-order chi connectivity index (χ1) is 14.0. The molecule has 1 atom stereocenters. The van der Waals surface area contributed by atoms with Crippen LogP contribution in [0.1, 0.15) is 17.7 Å². The van der Waals surface area contributed by atoms with Crippen LogP contribution in [-0.2, 0) is 0 Å². The lowest BCUT2D eigenvalue weighted by Crippen LogP contribution is -2.50. The summed E-state index contributed by atoms with van der Waals surface area (Å²) >= 11 is 0. The number of benzene rings is 1. The molecule has 154 valence electrons. The van der Waals surface area contributed by atoms with Gasteiger partial charge in [-0.2, -0.15) is 5.10 Å². The number of rotatable bonds is 6. The number of nitrogens with two attached hydrogens (primary N) is 1. The van der Waals surface area contributed by atoms with E-state index in [0.29, 0.717) is 0 Å². The Kier molecular flexibility index (Phi) is 5.66. The number of hydrogen-bond acceptors (Lipinski definition) is 7. The van der Waals surface area contributed by atoms with E-state index in [0.717, 1.165) is 67.9 Å². The third-order valence-electron chi connectivity index (χ3n) is 5.41. The van der Waals surface area contributed by atoms with Crippen LogP contribution >= 0.6 is 0 Å². The summed E-state index contributed by atoms with van der Waals surface area (Å²) in [5, 5.41) is 13.9. The summed E-state index contributed by atoms with van der Waals surface area (Å²) < 4.78 is 0. The Morgan fingerprint density at radius 1 is 1.17 bits per heavy atom. The van der Waals surface area contributed by atoms with Crippen molar-refractivity contribution in [1.82, 2.24) is 25.3 Å². The van der Waals surface area contributed by atoms with Gasteiger partial charge in [0.25, 0.3) is 0 Å². The van der Waals surface area contributed by atoms with E-state index >= 15 is 0 Å². The molecule has 3 heterocycles. The molecule has 1 aromatic carbocycles. The molecule has 2 aromatic rings. The van der Waals surface area contributed by atoms with Crippen molar-refractivity contribution in [3.8, 4) is 0 Å². The number of anilines is 1. The Hall–Kier alpha value is -2.68. The highest BCUT2D eigenvalue weighted by atomic mass is 15.3. The maximum atomic E-state index is 6.77. The maximum absolute atomic E-state index is 6.77. The van der Waals surface area contributed by atoms with E-state index < -0.39 is 5.66 Å². The first kappa shape index (κ1) is 19.6. The van der Waals surface area contributed by atoms with Gasteiger partial charge in [0.2, 0.25) is 0 Å². The molecule has 4 rings (SSSR count). The molecule has 29 heavy (non-hydrogen) atoms. The second-order valence-corrected chi connectivity index (χ2v) is 7.96. The topological polar surface area (TPSA) is 97.6 Å². The zero-order valence-corrected chi connectivity index (χ0v) is 17.2. The number of likely N-dealkylation sites (N-methyl/N-ethyl adjacent to an activating group) is 1. The van der Waals surface area contributed by atoms with Gasteiger partial charge in [-0.05, 0) is 20.0 Å². The third-order valence-corrected chi connectivity index (χ3v) is 5.41. The Labute approximate surface area is 171 Å². The summed E-state index contributed by atoms with van der Waals surface area (Å²) in [6.07, 6.45) is 2.72. The molecule has 5 N–H and O–H groups in total. The van der Waals surface area contributed by atoms with E-state index in [9.17, 15) is 0 Å². The fourth-order valence-corrected chi connectivity index (χ4v) is 3.64. The minimum absolute atomic E-state index is 0.747. The molecule has 0 amide bonds. The van der Waals surface area contributed by atoms with Crippen LogP contribution in [0.5, 0.6) is 0 Å². The molecule has 2 aliphatic heterocycles. The van der Waals surface area contributed by atoms with Gasteiger partial charge in [0.1, 0.15) is 17.3 Å². The van der Waals surface area contributed by atoms with Crippen LogP contribution < -0.4 is 16.4 Å². The summed E-state index contributed by atoms with van der Waals surface area (Å²) in [7, 11) is 2.17. The monoisotopic (exact) mass is 394 g/mol. The number of piperazine rings is 1. The minimum Gasteiger partial charge on any atom is -0.326 e. The minimum atomic E-state index is -0.784. The second kappa shape index (κ2) is 8.36. The lowest BCUT2D eigenvalue weighted by atomic mass is 10.0. The van der Waals surface area contributed by atoms with Crippen LogP contribution in [0.4, 0.5) is 5.82 Å². The van der Waals surface area contributed by atoms with Gasteiger partial charge in [0, 0.05) is 56.5 Å². The van der Waals surface area contributed by atoms with Crippen molar-refractivity contribution < 1.29 is 0 Å². The highest BCUT2D eigenvalue weighted by Gasteiger charge is 2.29. The average molecular weight is 395 g/mol. The van der Waals surface area contributed by atoms with E-state index in [1.807, 2.05) is 49.4 Å². The van der Waals surface area contributed by atoms with E-state index in [1.165, 1.54) is 0 Å². The van der Waals surface area contributed by atoms with Gasteiger partial charge in [-0.3, -0.25) is 5.10 Å². The van der Waals surface area contributed by atoms with Crippen molar-refractivity contribution in [2.45, 2.75) is 19.0 Å². The number of hydrogen-bond donors (Lipinski definition) is 4. The Bertz CT molecular complexity index is 879. The van der Waals surface area contributed by atoms with E-state index in [-0.39, 0.29) is 0 Å². The summed E-state index contributed by atoms with van der Waals surface area (Å²) in [6, 6.07) is 12.0. The molecule has 1 saturated heterocycles. The fourth-order valence-electron chi connectivity index (χ4n) is 3.64. The van der Waals surface area contributed by atoms with Crippen molar-refractivity contribution in [2.24, 2.45) is 10.7 Å². The third kappa shape index (κ3) is 5.03. The van der Waals surface area contributed by atoms with Crippen LogP contribution in [0.2, 0.25) is 0 Å². The zero-order chi connectivity index (χ0) is 20.3. The lowest BCUT2D eigenvalue weighted by Gasteiger charge is -2.35. The van der Waals surface area contributed by atoms with E-state index in [1.54, 1.807) is 0 Å². The Morgan fingerprint density at radius 2 is 1.93 bits per heavy atom. The largest absolute Gasteiger partial charge is 0.326 e. The Morgan fingerprint density at radius 3 is 2.62 bits per heavy atom. The quantitative estimate of drug-likeness (QED) is 0.590. The Balaban J connectivity index is 1.53. The number of nitrogens with one attached hydrogen (secondary N) is 3. The molecule has 0 radical (unpaired) electrons. The molecular formula is C21H30N8. The molecule has 1 aromatic heterocycles. The summed E-state index contributed by atoms with van der Waals surface area (Å²) in [4.78, 5) is 9.71. The van der Waals surface area contributed by atoms with Crippen LogP contribution in [0.3, 0.4) is 0 Å². The molecule has 8 heteroatoms. The van der Waals surface area contributed by atoms with Crippen molar-refractivity contribution in [3.05, 3.63) is 59.6 Å². The molecule has 0 bridgehead atoms. The van der Waals surface area contributed by atoms with Crippen LogP contribution in [0.25, 0.3) is 0 Å². The lowest BCUT2D eigenvalue weighted by molar-refractivity contribution is 0.147. The second-order valence-electron chi connectivity index (χ2n) is 7.96. The molecule has 2 aliphatic rings. The fraction of sp³-hybridized carbons (Fsp3) is 0.429. The molecule has 8 nitrogen and oxygen atoms in total. The van der Waals surface area contributed by atoms with Gasteiger partial charge < -0.3 is 26.2 Å². The maximum Gasteiger partial charge on any atom is 0.153 e. The molecule has 0 aliphatic carbocycles. The highest BCUT2D eigenvalue weighted by Crippen LogP contribution is 2.21. The summed E-state index contributed by atoms with van der Waals surface area (Å²) in [5.41, 5.74) is 7.99. The molecule has 0 spiro atoms. The number of amidine groups is 1. The van der Waals surface area contributed by atoms with E-state index in [4.69, 9.17) is 10.7 Å². The normalized spacial score (nSPS) is 23.3. The van der Waals surface area contributed by atoms with Crippen molar-refractivity contribution in [1.29, 1.82) is 0 Å². The van der Waals surface area contributed by atoms with Crippen molar-refractivity contribution in [3.63, 3.8) is 0 Å². The van der Waals surface area contributed by atoms with Crippen molar-refractivity contribution >= 4 is 11.7 Å². The van der Waals surface area contributed by atoms with Crippen LogP contribution in [0, 0.1) is 6.92 Å². The average Bonchev–Trinajstić information content (AvgIpc) is 3.12. The number of aryl methyl sites for hydroxylation is 1. The van der Waals surface area contributed by atoms with Crippen molar-refractivity contribution in [2.75, 3.05) is 45.1 Å². The zero-order valence-electron chi connectivity index (χ0n) is 17.2. The van der Waals surface area contributed by atoms with Gasteiger partial charge in [0.15, 0.2) is 5.82 Å². The number of aromatic amines is 1. The molecule has 1 fully saturated rings. The SMILES string of the molecule is Cc1cc(NC2=CC(N)(CCN3CCN(C)CC3)N=C(c3ccccc3)N2)n[nH]1. The standard InChI is InChI=1S/C21H30N8/c1-16-14-18(27-26-16)23-19-15-21(22,8-9-29-12-10-28(2)11-13-29)25-20(24-19)17-6-4-3-5-7-17/h3-7,14-15H,8-13,22H2,1-2H3,(H,24,25)(H2,23,26,27). The van der Waals surface area contributed by atoms with Gasteiger partial charge in [-0.1, -0.05) is 30.3 Å². The van der Waals surface area contributed by atoms with Crippen LogP contribution in [0.15, 0.2) is 53.3 Å². The molecule has 1 unspecified atom stereocenters. The van der Waals surface area contributed by atoms with Gasteiger partial charge >= 0.3 is 0 Å². The first-order valence-corrected chi connectivity index (χ1v) is 10.1. The van der Waals surface area contributed by atoms with Gasteiger partial charge in [-0.15, -0.1) is 0 Å². The number of aromatic nitrogens is 2. The predicted octanol–water partition coefficient (Wildman–Crippen LogP) is 1.31. The number of H-pyrrole nitrogens is 1. The van der Waals surface area contributed by atoms with Gasteiger partial charge in [-0.25, -0.2) is 4.99 Å². The molecule has 0 saturated carbocycles. The van der Waals surface area contributed by atoms with Crippen LogP contribution in [-0.4, -0.2) is 71.3 Å². The molecular weight excluding hydrogens is 364 g/mol. The van der Waals surface area contributed by atoms with E-state index in [2.05, 4.69) is 37.7 Å². The number of aliphatic imine (C=N–C) groups is 1. The summed E-state index contributed by atoms with van der Waals surface area (Å²) in [6.45, 7) is 7.22.